The van der Waals surface area contributed by atoms with Crippen molar-refractivity contribution in [1.29, 1.82) is 0 Å². The molecule has 2 atom stereocenters. The summed E-state index contributed by atoms with van der Waals surface area (Å²) in [6, 6.07) is 0. The Morgan fingerprint density at radius 1 is 1.65 bits per heavy atom. The molecule has 1 aromatic rings. The Balaban J connectivity index is 2.30. The van der Waals surface area contributed by atoms with Crippen LogP contribution in [-0.2, 0) is 18.2 Å². The van der Waals surface area contributed by atoms with Crippen LogP contribution in [0.2, 0.25) is 5.02 Å². The van der Waals surface area contributed by atoms with Crippen LogP contribution in [0.3, 0.4) is 0 Å². The topological polar surface area (TPSA) is 47.3 Å². The lowest BCUT2D eigenvalue weighted by Gasteiger charge is -2.30. The van der Waals surface area contributed by atoms with E-state index in [-0.39, 0.29) is 18.1 Å². The third-order valence-corrected chi connectivity index (χ3v) is 4.42. The van der Waals surface area contributed by atoms with Crippen molar-refractivity contribution in [1.82, 2.24) is 9.78 Å². The van der Waals surface area contributed by atoms with Crippen molar-refractivity contribution in [2.75, 3.05) is 13.2 Å². The molecule has 0 amide bonds. The number of hydrogen-bond acceptors (Lipinski definition) is 3. The third-order valence-electron chi connectivity index (χ3n) is 3.93. The molecule has 0 aromatic carbocycles. The van der Waals surface area contributed by atoms with Gasteiger partial charge in [-0.2, -0.15) is 5.10 Å². The van der Waals surface area contributed by atoms with E-state index in [0.717, 1.165) is 17.8 Å². The van der Waals surface area contributed by atoms with Gasteiger partial charge in [-0.1, -0.05) is 11.6 Å². The number of nitrogens with zero attached hydrogens (tertiary/aromatic N) is 2. The summed E-state index contributed by atoms with van der Waals surface area (Å²) in [4.78, 5) is 0. The molecule has 1 aliphatic rings. The van der Waals surface area contributed by atoms with Gasteiger partial charge in [-0.3, -0.25) is 4.68 Å². The van der Waals surface area contributed by atoms with Gasteiger partial charge >= 0.3 is 0 Å². The summed E-state index contributed by atoms with van der Waals surface area (Å²) in [5.41, 5.74) is 1.60. The van der Waals surface area contributed by atoms with Crippen LogP contribution in [0.25, 0.3) is 0 Å². The summed E-state index contributed by atoms with van der Waals surface area (Å²) in [6.07, 6.45) is 1.63. The van der Waals surface area contributed by atoms with Crippen molar-refractivity contribution >= 4 is 11.6 Å². The Hall–Kier alpha value is -0.580. The fourth-order valence-corrected chi connectivity index (χ4v) is 2.75. The lowest BCUT2D eigenvalue weighted by molar-refractivity contribution is 0.0262. The second-order valence-corrected chi connectivity index (χ2v) is 5.31. The van der Waals surface area contributed by atoms with E-state index in [1.54, 1.807) is 4.68 Å². The minimum atomic E-state index is -0.218. The van der Waals surface area contributed by atoms with Crippen LogP contribution < -0.4 is 0 Å². The van der Waals surface area contributed by atoms with Crippen LogP contribution in [0, 0.1) is 12.3 Å². The van der Waals surface area contributed by atoms with Crippen molar-refractivity contribution in [2.24, 2.45) is 12.5 Å². The summed E-state index contributed by atoms with van der Waals surface area (Å²) in [5.74, 6) is 0. The van der Waals surface area contributed by atoms with Crippen molar-refractivity contribution < 1.29 is 9.84 Å². The van der Waals surface area contributed by atoms with Gasteiger partial charge in [0, 0.05) is 25.5 Å². The number of rotatable bonds is 3. The molecule has 2 heterocycles. The fourth-order valence-electron chi connectivity index (χ4n) is 2.52. The molecule has 1 aromatic heterocycles. The highest BCUT2D eigenvalue weighted by Crippen LogP contribution is 2.39. The molecule has 0 aliphatic carbocycles. The second-order valence-electron chi connectivity index (χ2n) is 4.93. The average molecular weight is 259 g/mol. The SMILES string of the molecule is Cc1nn(C)c(CC2(CO)CCOC2C)c1Cl. The zero-order chi connectivity index (χ0) is 12.6. The van der Waals surface area contributed by atoms with Gasteiger partial charge in [0.15, 0.2) is 0 Å². The summed E-state index contributed by atoms with van der Waals surface area (Å²) < 4.78 is 7.39. The molecule has 0 radical (unpaired) electrons. The molecule has 1 saturated heterocycles. The number of aryl methyl sites for hydroxylation is 2. The van der Waals surface area contributed by atoms with Crippen molar-refractivity contribution in [2.45, 2.75) is 32.8 Å². The summed E-state index contributed by atoms with van der Waals surface area (Å²) >= 11 is 6.25. The van der Waals surface area contributed by atoms with Crippen molar-refractivity contribution in [3.05, 3.63) is 16.4 Å². The summed E-state index contributed by atoms with van der Waals surface area (Å²) in [7, 11) is 1.89. The quantitative estimate of drug-likeness (QED) is 0.898. The number of aliphatic hydroxyl groups excluding tert-OH is 1. The smallest absolute Gasteiger partial charge is 0.0847 e. The Morgan fingerprint density at radius 3 is 2.76 bits per heavy atom. The molecule has 1 aliphatic heterocycles. The predicted molar refractivity (Wildman–Crippen MR) is 66.2 cm³/mol. The van der Waals surface area contributed by atoms with Gasteiger partial charge in [-0.05, 0) is 20.3 Å². The van der Waals surface area contributed by atoms with Gasteiger partial charge < -0.3 is 9.84 Å². The zero-order valence-electron chi connectivity index (χ0n) is 10.5. The van der Waals surface area contributed by atoms with Crippen molar-refractivity contribution in [3.63, 3.8) is 0 Å². The largest absolute Gasteiger partial charge is 0.396 e. The van der Waals surface area contributed by atoms with E-state index < -0.39 is 0 Å². The molecule has 96 valence electrons. The first-order valence-corrected chi connectivity index (χ1v) is 6.28. The van der Waals surface area contributed by atoms with Gasteiger partial charge in [0.2, 0.25) is 0 Å². The zero-order valence-corrected chi connectivity index (χ0v) is 11.3. The van der Waals surface area contributed by atoms with Gasteiger partial charge in [0.05, 0.1) is 29.1 Å². The molecule has 0 saturated carbocycles. The maximum Gasteiger partial charge on any atom is 0.0847 e. The first-order chi connectivity index (χ1) is 8.00. The average Bonchev–Trinajstić information content (AvgIpc) is 2.76. The van der Waals surface area contributed by atoms with Crippen LogP contribution in [-0.4, -0.2) is 34.2 Å². The van der Waals surface area contributed by atoms with Crippen LogP contribution >= 0.6 is 11.6 Å². The lowest BCUT2D eigenvalue weighted by atomic mass is 9.78. The van der Waals surface area contributed by atoms with E-state index in [1.165, 1.54) is 0 Å². The molecule has 2 rings (SSSR count). The van der Waals surface area contributed by atoms with Crippen LogP contribution in [0.5, 0.6) is 0 Å². The Bertz CT molecular complexity index is 419. The first kappa shape index (κ1) is 12.9. The molecule has 1 fully saturated rings. The third kappa shape index (κ3) is 2.09. The number of ether oxygens (including phenoxy) is 1. The number of halogens is 1. The van der Waals surface area contributed by atoms with E-state index in [0.29, 0.717) is 18.1 Å². The first-order valence-electron chi connectivity index (χ1n) is 5.90. The Kier molecular flexibility index (Phi) is 3.48. The molecular formula is C12H19ClN2O2. The molecule has 0 bridgehead atoms. The second kappa shape index (κ2) is 4.59. The molecule has 1 N–H and O–H groups in total. The van der Waals surface area contributed by atoms with Gasteiger partial charge in [0.25, 0.3) is 0 Å². The lowest BCUT2D eigenvalue weighted by Crippen LogP contribution is -2.35. The minimum Gasteiger partial charge on any atom is -0.396 e. The highest BCUT2D eigenvalue weighted by molar-refractivity contribution is 6.31. The maximum atomic E-state index is 9.68. The molecular weight excluding hydrogens is 240 g/mol. The van der Waals surface area contributed by atoms with E-state index in [2.05, 4.69) is 5.10 Å². The van der Waals surface area contributed by atoms with Crippen LogP contribution in [0.1, 0.15) is 24.7 Å². The van der Waals surface area contributed by atoms with E-state index in [1.807, 2.05) is 20.9 Å². The Morgan fingerprint density at radius 2 is 2.35 bits per heavy atom. The summed E-state index contributed by atoms with van der Waals surface area (Å²) in [5, 5.41) is 14.7. The standard InChI is InChI=1S/C12H19ClN2O2/c1-8-11(13)10(15(3)14-8)6-12(7-16)4-5-17-9(12)2/h9,16H,4-7H2,1-3H3. The molecule has 2 unspecified atom stereocenters. The highest BCUT2D eigenvalue weighted by atomic mass is 35.5. The monoisotopic (exact) mass is 258 g/mol. The molecule has 5 heteroatoms. The van der Waals surface area contributed by atoms with Crippen LogP contribution in [0.4, 0.5) is 0 Å². The predicted octanol–water partition coefficient (Wildman–Crippen LogP) is 1.71. The number of aromatic nitrogens is 2. The molecule has 0 spiro atoms. The van der Waals surface area contributed by atoms with Crippen molar-refractivity contribution in [3.8, 4) is 0 Å². The summed E-state index contributed by atoms with van der Waals surface area (Å²) in [6.45, 7) is 4.73. The van der Waals surface area contributed by atoms with Gasteiger partial charge in [-0.25, -0.2) is 0 Å². The Labute approximate surface area is 107 Å². The van der Waals surface area contributed by atoms with E-state index in [4.69, 9.17) is 16.3 Å². The van der Waals surface area contributed by atoms with Gasteiger partial charge in [0.1, 0.15) is 0 Å². The minimum absolute atomic E-state index is 0.0544. The van der Waals surface area contributed by atoms with E-state index >= 15 is 0 Å². The highest BCUT2D eigenvalue weighted by Gasteiger charge is 2.42. The normalized spacial score (nSPS) is 28.9. The maximum absolute atomic E-state index is 9.68. The molecule has 4 nitrogen and oxygen atoms in total. The number of aliphatic hydroxyl groups is 1. The number of hydrogen-bond donors (Lipinski definition) is 1. The van der Waals surface area contributed by atoms with Gasteiger partial charge in [-0.15, -0.1) is 0 Å². The van der Waals surface area contributed by atoms with E-state index in [9.17, 15) is 5.11 Å². The fraction of sp³-hybridized carbons (Fsp3) is 0.750. The molecule has 17 heavy (non-hydrogen) atoms. The van der Waals surface area contributed by atoms with Crippen LogP contribution in [0.15, 0.2) is 0 Å².